The molecule has 0 aliphatic heterocycles. The van der Waals surface area contributed by atoms with Crippen molar-refractivity contribution in [3.8, 4) is 0 Å². The topological polar surface area (TPSA) is 38.9 Å². The lowest BCUT2D eigenvalue weighted by Gasteiger charge is -2.09. The lowest BCUT2D eigenvalue weighted by molar-refractivity contribution is 0.661. The molecule has 1 aromatic carbocycles. The van der Waals surface area contributed by atoms with Crippen LogP contribution in [0.2, 0.25) is 0 Å². The Hall–Kier alpha value is -0.460. The molecule has 2 N–H and O–H groups in total. The molecule has 0 saturated carbocycles. The van der Waals surface area contributed by atoms with E-state index >= 15 is 0 Å². The van der Waals surface area contributed by atoms with Crippen LogP contribution in [0.5, 0.6) is 0 Å². The van der Waals surface area contributed by atoms with E-state index < -0.39 is 0 Å². The fourth-order valence-corrected chi connectivity index (χ4v) is 2.94. The summed E-state index contributed by atoms with van der Waals surface area (Å²) in [7, 11) is 0. The summed E-state index contributed by atoms with van der Waals surface area (Å²) < 4.78 is 1.26. The SMILES string of the molecule is Cc1csc(CC(N)Cc2ccc(I)cc2)n1. The van der Waals surface area contributed by atoms with Crippen LogP contribution in [-0.2, 0) is 12.8 Å². The Morgan fingerprint density at radius 1 is 1.29 bits per heavy atom. The molecule has 2 rings (SSSR count). The van der Waals surface area contributed by atoms with E-state index in [2.05, 4.69) is 57.2 Å². The summed E-state index contributed by atoms with van der Waals surface area (Å²) in [5.74, 6) is 0. The van der Waals surface area contributed by atoms with Gasteiger partial charge in [0.15, 0.2) is 0 Å². The van der Waals surface area contributed by atoms with Crippen LogP contribution in [0.3, 0.4) is 0 Å². The zero-order valence-electron chi connectivity index (χ0n) is 9.69. The highest BCUT2D eigenvalue weighted by atomic mass is 127. The number of thiazole rings is 1. The first kappa shape index (κ1) is 13.0. The van der Waals surface area contributed by atoms with E-state index in [1.807, 2.05) is 6.92 Å². The van der Waals surface area contributed by atoms with Crippen molar-refractivity contribution in [2.24, 2.45) is 5.73 Å². The first-order chi connectivity index (χ1) is 8.13. The molecule has 0 bridgehead atoms. The van der Waals surface area contributed by atoms with Gasteiger partial charge < -0.3 is 5.73 Å². The molecule has 1 atom stereocenters. The largest absolute Gasteiger partial charge is 0.327 e. The van der Waals surface area contributed by atoms with Gasteiger partial charge in [0.25, 0.3) is 0 Å². The van der Waals surface area contributed by atoms with E-state index in [0.29, 0.717) is 0 Å². The van der Waals surface area contributed by atoms with Crippen LogP contribution in [-0.4, -0.2) is 11.0 Å². The molecule has 17 heavy (non-hydrogen) atoms. The molecule has 2 nitrogen and oxygen atoms in total. The van der Waals surface area contributed by atoms with Gasteiger partial charge in [0.2, 0.25) is 0 Å². The highest BCUT2D eigenvalue weighted by molar-refractivity contribution is 14.1. The third kappa shape index (κ3) is 4.04. The van der Waals surface area contributed by atoms with Gasteiger partial charge in [-0.2, -0.15) is 0 Å². The normalized spacial score (nSPS) is 12.6. The highest BCUT2D eigenvalue weighted by Crippen LogP contribution is 2.13. The number of halogens is 1. The van der Waals surface area contributed by atoms with Crippen molar-refractivity contribution in [2.45, 2.75) is 25.8 Å². The van der Waals surface area contributed by atoms with Crippen molar-refractivity contribution < 1.29 is 0 Å². The van der Waals surface area contributed by atoms with Crippen molar-refractivity contribution in [3.63, 3.8) is 0 Å². The van der Waals surface area contributed by atoms with Gasteiger partial charge in [0.05, 0.1) is 5.01 Å². The van der Waals surface area contributed by atoms with Crippen LogP contribution in [0.4, 0.5) is 0 Å². The van der Waals surface area contributed by atoms with Gasteiger partial charge >= 0.3 is 0 Å². The lowest BCUT2D eigenvalue weighted by Crippen LogP contribution is -2.25. The second kappa shape index (κ2) is 5.93. The second-order valence-electron chi connectivity index (χ2n) is 4.18. The minimum Gasteiger partial charge on any atom is -0.327 e. The maximum absolute atomic E-state index is 6.15. The fourth-order valence-electron chi connectivity index (χ4n) is 1.72. The molecule has 1 aromatic heterocycles. The van der Waals surface area contributed by atoms with Gasteiger partial charge in [-0.3, -0.25) is 0 Å². The minimum atomic E-state index is 0.153. The summed E-state index contributed by atoms with van der Waals surface area (Å²) in [4.78, 5) is 4.44. The molecular formula is C13H15IN2S. The van der Waals surface area contributed by atoms with Crippen molar-refractivity contribution in [3.05, 3.63) is 49.5 Å². The Kier molecular flexibility index (Phi) is 4.53. The molecule has 0 aliphatic carbocycles. The van der Waals surface area contributed by atoms with Crippen molar-refractivity contribution in [2.75, 3.05) is 0 Å². The van der Waals surface area contributed by atoms with Crippen LogP contribution in [0.15, 0.2) is 29.6 Å². The van der Waals surface area contributed by atoms with Crippen molar-refractivity contribution in [1.29, 1.82) is 0 Å². The number of nitrogens with zero attached hydrogens (tertiary/aromatic N) is 1. The molecule has 1 heterocycles. The molecular weight excluding hydrogens is 343 g/mol. The summed E-state index contributed by atoms with van der Waals surface area (Å²) in [6.07, 6.45) is 1.78. The van der Waals surface area contributed by atoms with Crippen LogP contribution >= 0.6 is 33.9 Å². The predicted octanol–water partition coefficient (Wildman–Crippen LogP) is 3.17. The number of nitrogens with two attached hydrogens (primary N) is 1. The third-order valence-corrected chi connectivity index (χ3v) is 4.22. The highest BCUT2D eigenvalue weighted by Gasteiger charge is 2.08. The molecule has 1 unspecified atom stereocenters. The fraction of sp³-hybridized carbons (Fsp3) is 0.308. The van der Waals surface area contributed by atoms with E-state index in [-0.39, 0.29) is 6.04 Å². The minimum absolute atomic E-state index is 0.153. The Labute approximate surface area is 119 Å². The summed E-state index contributed by atoms with van der Waals surface area (Å²) >= 11 is 4.01. The zero-order chi connectivity index (χ0) is 12.3. The van der Waals surface area contributed by atoms with Crippen LogP contribution in [0.1, 0.15) is 16.3 Å². The zero-order valence-corrected chi connectivity index (χ0v) is 12.7. The maximum Gasteiger partial charge on any atom is 0.0943 e. The van der Waals surface area contributed by atoms with Crippen molar-refractivity contribution in [1.82, 2.24) is 4.98 Å². The Morgan fingerprint density at radius 2 is 2.00 bits per heavy atom. The number of aromatic nitrogens is 1. The van der Waals surface area contributed by atoms with E-state index in [1.165, 1.54) is 9.13 Å². The quantitative estimate of drug-likeness (QED) is 0.853. The Morgan fingerprint density at radius 3 is 2.59 bits per heavy atom. The summed E-state index contributed by atoms with van der Waals surface area (Å²) in [6.45, 7) is 2.02. The first-order valence-corrected chi connectivity index (χ1v) is 7.50. The summed E-state index contributed by atoms with van der Waals surface area (Å²) in [6, 6.07) is 8.69. The summed E-state index contributed by atoms with van der Waals surface area (Å²) in [5.41, 5.74) is 8.54. The standard InChI is InChI=1S/C13H15IN2S/c1-9-8-17-13(16-9)7-12(15)6-10-2-4-11(14)5-3-10/h2-5,8,12H,6-7,15H2,1H3. The van der Waals surface area contributed by atoms with Crippen molar-refractivity contribution >= 4 is 33.9 Å². The molecule has 0 spiro atoms. The molecule has 2 aromatic rings. The lowest BCUT2D eigenvalue weighted by atomic mass is 10.0. The average molecular weight is 358 g/mol. The van der Waals surface area contributed by atoms with Gasteiger partial charge in [-0.1, -0.05) is 12.1 Å². The van der Waals surface area contributed by atoms with Gasteiger partial charge in [-0.05, 0) is 53.6 Å². The number of rotatable bonds is 4. The van der Waals surface area contributed by atoms with Gasteiger partial charge in [-0.25, -0.2) is 4.98 Å². The molecule has 90 valence electrons. The smallest absolute Gasteiger partial charge is 0.0943 e. The molecule has 0 amide bonds. The van der Waals surface area contributed by atoms with Gasteiger partial charge in [-0.15, -0.1) is 11.3 Å². The average Bonchev–Trinajstić information content (AvgIpc) is 2.67. The molecule has 0 saturated heterocycles. The number of hydrogen-bond acceptors (Lipinski definition) is 3. The molecule has 0 fully saturated rings. The molecule has 0 radical (unpaired) electrons. The Balaban J connectivity index is 1.93. The van der Waals surface area contributed by atoms with Crippen LogP contribution in [0, 0.1) is 10.5 Å². The van der Waals surface area contributed by atoms with Gasteiger partial charge in [0, 0.05) is 27.1 Å². The second-order valence-corrected chi connectivity index (χ2v) is 6.37. The van der Waals surface area contributed by atoms with Crippen LogP contribution in [0.25, 0.3) is 0 Å². The van der Waals surface area contributed by atoms with E-state index in [9.17, 15) is 0 Å². The molecule has 0 aliphatic rings. The third-order valence-electron chi connectivity index (χ3n) is 2.51. The Bertz CT molecular complexity index is 478. The number of aryl methyl sites for hydroxylation is 1. The first-order valence-electron chi connectivity index (χ1n) is 5.54. The number of benzene rings is 1. The molecule has 4 heteroatoms. The van der Waals surface area contributed by atoms with Crippen LogP contribution < -0.4 is 5.73 Å². The van der Waals surface area contributed by atoms with E-state index in [1.54, 1.807) is 11.3 Å². The van der Waals surface area contributed by atoms with E-state index in [0.717, 1.165) is 23.5 Å². The maximum atomic E-state index is 6.15. The predicted molar refractivity (Wildman–Crippen MR) is 81.4 cm³/mol. The van der Waals surface area contributed by atoms with Gasteiger partial charge in [0.1, 0.15) is 0 Å². The van der Waals surface area contributed by atoms with E-state index in [4.69, 9.17) is 5.73 Å². The summed E-state index contributed by atoms with van der Waals surface area (Å²) in [5, 5.41) is 3.22. The monoisotopic (exact) mass is 358 g/mol. The number of hydrogen-bond donors (Lipinski definition) is 1.